The highest BCUT2D eigenvalue weighted by atomic mass is 32.1. The first-order valence-corrected chi connectivity index (χ1v) is 7.94. The molecule has 2 aromatic carbocycles. The Bertz CT molecular complexity index is 672. The van der Waals surface area contributed by atoms with Crippen LogP contribution in [0.1, 0.15) is 23.6 Å². The first kappa shape index (κ1) is 13.3. The van der Waals surface area contributed by atoms with E-state index in [1.54, 1.807) is 0 Å². The summed E-state index contributed by atoms with van der Waals surface area (Å²) in [4.78, 5) is 0. The molecular formula is C18H19NS. The fourth-order valence-electron chi connectivity index (χ4n) is 2.68. The molecule has 102 valence electrons. The molecule has 0 saturated carbocycles. The van der Waals surface area contributed by atoms with Crippen LogP contribution in [-0.2, 0) is 6.42 Å². The number of benzene rings is 2. The average molecular weight is 281 g/mol. The number of fused-ring (bicyclic) bond motifs is 1. The Hall–Kier alpha value is -1.64. The summed E-state index contributed by atoms with van der Waals surface area (Å²) in [6.45, 7) is 0. The second-order valence-corrected chi connectivity index (χ2v) is 5.96. The van der Waals surface area contributed by atoms with Crippen LogP contribution in [-0.4, -0.2) is 7.05 Å². The van der Waals surface area contributed by atoms with Gasteiger partial charge < -0.3 is 5.32 Å². The second-order valence-electron chi connectivity index (χ2n) is 5.05. The first-order chi connectivity index (χ1) is 9.88. The van der Waals surface area contributed by atoms with Crippen LogP contribution in [0.5, 0.6) is 0 Å². The summed E-state index contributed by atoms with van der Waals surface area (Å²) in [7, 11) is 2.06. The number of rotatable bonds is 5. The van der Waals surface area contributed by atoms with Crippen molar-refractivity contribution < 1.29 is 0 Å². The zero-order chi connectivity index (χ0) is 13.8. The summed E-state index contributed by atoms with van der Waals surface area (Å²) >= 11 is 1.84. The summed E-state index contributed by atoms with van der Waals surface area (Å²) in [6, 6.07) is 19.8. The molecule has 0 spiro atoms. The number of hydrogen-bond donors (Lipinski definition) is 1. The molecule has 20 heavy (non-hydrogen) atoms. The van der Waals surface area contributed by atoms with E-state index in [0.717, 1.165) is 12.8 Å². The smallest absolute Gasteiger partial charge is 0.0346 e. The maximum atomic E-state index is 3.47. The first-order valence-electron chi connectivity index (χ1n) is 7.06. The standard InChI is InChI=1S/C18H19NS/c1-19-17(12-11-14-7-3-2-4-8-14)16-13-20-18-10-6-5-9-15(16)18/h2-10,13,17,19H,11-12H2,1H3. The maximum absolute atomic E-state index is 3.47. The quantitative estimate of drug-likeness (QED) is 0.708. The maximum Gasteiger partial charge on any atom is 0.0346 e. The topological polar surface area (TPSA) is 12.0 Å². The van der Waals surface area contributed by atoms with Gasteiger partial charge in [-0.15, -0.1) is 11.3 Å². The summed E-state index contributed by atoms with van der Waals surface area (Å²) in [6.07, 6.45) is 2.23. The van der Waals surface area contributed by atoms with Crippen LogP contribution >= 0.6 is 11.3 Å². The molecule has 0 bridgehead atoms. The van der Waals surface area contributed by atoms with Crippen LogP contribution in [0, 0.1) is 0 Å². The third kappa shape index (κ3) is 2.77. The van der Waals surface area contributed by atoms with Crippen molar-refractivity contribution in [3.63, 3.8) is 0 Å². The highest BCUT2D eigenvalue weighted by Crippen LogP contribution is 2.32. The van der Waals surface area contributed by atoms with Crippen LogP contribution in [0.25, 0.3) is 10.1 Å². The third-order valence-electron chi connectivity index (χ3n) is 3.80. The van der Waals surface area contributed by atoms with Crippen molar-refractivity contribution in [1.29, 1.82) is 0 Å². The fraction of sp³-hybridized carbons (Fsp3) is 0.222. The number of hydrogen-bond acceptors (Lipinski definition) is 2. The number of thiophene rings is 1. The van der Waals surface area contributed by atoms with E-state index in [0.29, 0.717) is 6.04 Å². The highest BCUT2D eigenvalue weighted by molar-refractivity contribution is 7.17. The van der Waals surface area contributed by atoms with Gasteiger partial charge in [0, 0.05) is 10.7 Å². The molecule has 0 aliphatic rings. The average Bonchev–Trinajstić information content (AvgIpc) is 2.93. The van der Waals surface area contributed by atoms with Gasteiger partial charge in [0.25, 0.3) is 0 Å². The molecular weight excluding hydrogens is 262 g/mol. The van der Waals surface area contributed by atoms with Gasteiger partial charge in [-0.3, -0.25) is 0 Å². The molecule has 1 atom stereocenters. The summed E-state index contributed by atoms with van der Waals surface area (Å²) in [5.74, 6) is 0. The van der Waals surface area contributed by atoms with Gasteiger partial charge in [0.15, 0.2) is 0 Å². The lowest BCUT2D eigenvalue weighted by Gasteiger charge is -2.16. The molecule has 1 N–H and O–H groups in total. The Morgan fingerprint density at radius 1 is 1.00 bits per heavy atom. The van der Waals surface area contributed by atoms with Crippen LogP contribution in [0.4, 0.5) is 0 Å². The van der Waals surface area contributed by atoms with E-state index >= 15 is 0 Å². The van der Waals surface area contributed by atoms with E-state index in [2.05, 4.69) is 72.3 Å². The summed E-state index contributed by atoms with van der Waals surface area (Å²) in [5, 5.41) is 7.17. The van der Waals surface area contributed by atoms with Crippen molar-refractivity contribution in [3.8, 4) is 0 Å². The molecule has 3 rings (SSSR count). The largest absolute Gasteiger partial charge is 0.313 e. The Morgan fingerprint density at radius 3 is 2.55 bits per heavy atom. The zero-order valence-electron chi connectivity index (χ0n) is 11.7. The predicted octanol–water partition coefficient (Wildman–Crippen LogP) is 4.79. The van der Waals surface area contributed by atoms with Crippen molar-refractivity contribution in [2.45, 2.75) is 18.9 Å². The van der Waals surface area contributed by atoms with Crippen molar-refractivity contribution in [2.24, 2.45) is 0 Å². The molecule has 0 aliphatic carbocycles. The lowest BCUT2D eigenvalue weighted by Crippen LogP contribution is -2.16. The normalized spacial score (nSPS) is 12.7. The van der Waals surface area contributed by atoms with Crippen molar-refractivity contribution >= 4 is 21.4 Å². The van der Waals surface area contributed by atoms with Gasteiger partial charge in [0.2, 0.25) is 0 Å². The Labute approximate surface area is 124 Å². The second kappa shape index (κ2) is 6.21. The molecule has 0 amide bonds. The highest BCUT2D eigenvalue weighted by Gasteiger charge is 2.13. The predicted molar refractivity (Wildman–Crippen MR) is 88.4 cm³/mol. The van der Waals surface area contributed by atoms with E-state index in [-0.39, 0.29) is 0 Å². The van der Waals surface area contributed by atoms with E-state index in [1.807, 2.05) is 11.3 Å². The molecule has 2 heteroatoms. The van der Waals surface area contributed by atoms with Gasteiger partial charge in [-0.05, 0) is 47.8 Å². The number of aryl methyl sites for hydroxylation is 1. The molecule has 0 radical (unpaired) electrons. The molecule has 1 aromatic heterocycles. The molecule has 3 aromatic rings. The van der Waals surface area contributed by atoms with Crippen molar-refractivity contribution in [3.05, 3.63) is 71.1 Å². The van der Waals surface area contributed by atoms with Gasteiger partial charge in [-0.25, -0.2) is 0 Å². The SMILES string of the molecule is CNC(CCc1ccccc1)c1csc2ccccc12. The minimum Gasteiger partial charge on any atom is -0.313 e. The van der Waals surface area contributed by atoms with E-state index < -0.39 is 0 Å². The van der Waals surface area contributed by atoms with Crippen LogP contribution in [0.3, 0.4) is 0 Å². The van der Waals surface area contributed by atoms with E-state index in [9.17, 15) is 0 Å². The third-order valence-corrected chi connectivity index (χ3v) is 4.78. The minimum atomic E-state index is 0.423. The van der Waals surface area contributed by atoms with Gasteiger partial charge in [-0.2, -0.15) is 0 Å². The van der Waals surface area contributed by atoms with Gasteiger partial charge in [-0.1, -0.05) is 48.5 Å². The van der Waals surface area contributed by atoms with Gasteiger partial charge >= 0.3 is 0 Å². The monoisotopic (exact) mass is 281 g/mol. The van der Waals surface area contributed by atoms with Gasteiger partial charge in [0.1, 0.15) is 0 Å². The Morgan fingerprint density at radius 2 is 1.75 bits per heavy atom. The van der Waals surface area contributed by atoms with Crippen molar-refractivity contribution in [1.82, 2.24) is 5.32 Å². The molecule has 1 unspecified atom stereocenters. The van der Waals surface area contributed by atoms with E-state index in [1.165, 1.54) is 21.2 Å². The van der Waals surface area contributed by atoms with Crippen LogP contribution in [0.2, 0.25) is 0 Å². The molecule has 1 nitrogen and oxygen atoms in total. The van der Waals surface area contributed by atoms with Crippen LogP contribution in [0.15, 0.2) is 60.0 Å². The summed E-state index contributed by atoms with van der Waals surface area (Å²) in [5.41, 5.74) is 2.84. The summed E-state index contributed by atoms with van der Waals surface area (Å²) < 4.78 is 1.38. The molecule has 0 aliphatic heterocycles. The van der Waals surface area contributed by atoms with Gasteiger partial charge in [0.05, 0.1) is 0 Å². The van der Waals surface area contributed by atoms with E-state index in [4.69, 9.17) is 0 Å². The Kier molecular flexibility index (Phi) is 4.14. The molecule has 0 saturated heterocycles. The van der Waals surface area contributed by atoms with Crippen molar-refractivity contribution in [2.75, 3.05) is 7.05 Å². The lowest BCUT2D eigenvalue weighted by molar-refractivity contribution is 0.554. The molecule has 1 heterocycles. The minimum absolute atomic E-state index is 0.423. The number of nitrogens with one attached hydrogen (secondary N) is 1. The Balaban J connectivity index is 1.79. The molecule has 0 fully saturated rings. The fourth-order valence-corrected chi connectivity index (χ4v) is 3.69. The zero-order valence-corrected chi connectivity index (χ0v) is 12.5. The lowest BCUT2D eigenvalue weighted by atomic mass is 9.98. The van der Waals surface area contributed by atoms with Crippen LogP contribution < -0.4 is 5.32 Å².